The number of carbonyl (C=O) groups is 1. The second kappa shape index (κ2) is 3.87. The highest BCUT2D eigenvalue weighted by Crippen LogP contribution is 2.27. The van der Waals surface area contributed by atoms with E-state index in [1.54, 1.807) is 6.92 Å². The van der Waals surface area contributed by atoms with E-state index in [4.69, 9.17) is 5.11 Å². The number of Topliss-reactive ketones (excluding diaryl/α,β-unsaturated/α-hetero) is 1. The third kappa shape index (κ3) is 2.06. The highest BCUT2D eigenvalue weighted by Gasteiger charge is 2.12. The van der Waals surface area contributed by atoms with Crippen LogP contribution in [0.15, 0.2) is 16.6 Å². The largest absolute Gasteiger partial charge is 0.507 e. The van der Waals surface area contributed by atoms with Gasteiger partial charge in [0, 0.05) is 12.5 Å². The monoisotopic (exact) mass is 246 g/mol. The molecule has 2 nitrogen and oxygen atoms in total. The predicted octanol–water partition coefficient (Wildman–Crippen LogP) is 2.89. The Kier molecular flexibility index (Phi) is 3.03. The van der Waals surface area contributed by atoms with Gasteiger partial charge in [-0.1, -0.05) is 6.92 Å². The van der Waals surface area contributed by atoms with Gasteiger partial charge in [-0.3, -0.25) is 4.79 Å². The van der Waals surface area contributed by atoms with E-state index in [0.717, 1.165) is 6.07 Å². The van der Waals surface area contributed by atoms with Crippen LogP contribution < -0.4 is 0 Å². The lowest BCUT2D eigenvalue weighted by Gasteiger charge is -2.02. The maximum atomic E-state index is 13.1. The molecule has 0 radical (unpaired) electrons. The third-order valence-corrected chi connectivity index (χ3v) is 2.29. The lowest BCUT2D eigenvalue weighted by molar-refractivity contribution is 0.0984. The third-order valence-electron chi connectivity index (χ3n) is 1.66. The zero-order chi connectivity index (χ0) is 10.0. The van der Waals surface area contributed by atoms with Gasteiger partial charge in [0.05, 0.1) is 10.0 Å². The van der Waals surface area contributed by atoms with Gasteiger partial charge in [0.25, 0.3) is 0 Å². The van der Waals surface area contributed by atoms with Crippen molar-refractivity contribution in [3.63, 3.8) is 0 Å². The molecule has 0 saturated carbocycles. The molecule has 0 unspecified atom stereocenters. The summed E-state index contributed by atoms with van der Waals surface area (Å²) in [5.41, 5.74) is 0.00664. The number of carbonyl (C=O) groups excluding carboxylic acids is 1. The van der Waals surface area contributed by atoms with Gasteiger partial charge in [-0.05, 0) is 22.0 Å². The molecule has 0 atom stereocenters. The number of hydrogen-bond acceptors (Lipinski definition) is 2. The number of halogens is 2. The molecular formula is C9H8BrFO2. The summed E-state index contributed by atoms with van der Waals surface area (Å²) >= 11 is 3.01. The Balaban J connectivity index is 3.23. The van der Waals surface area contributed by atoms with E-state index in [0.29, 0.717) is 4.47 Å². The number of hydrogen-bond donors (Lipinski definition) is 1. The molecule has 1 rings (SSSR count). The summed E-state index contributed by atoms with van der Waals surface area (Å²) in [5.74, 6) is -1.17. The first-order valence-corrected chi connectivity index (χ1v) is 4.56. The minimum absolute atomic E-state index is 0.00664. The second-order valence-electron chi connectivity index (χ2n) is 2.56. The Bertz CT molecular complexity index is 350. The van der Waals surface area contributed by atoms with Crippen LogP contribution in [0.5, 0.6) is 5.75 Å². The van der Waals surface area contributed by atoms with Gasteiger partial charge in [-0.15, -0.1) is 0 Å². The first-order chi connectivity index (χ1) is 6.06. The van der Waals surface area contributed by atoms with Crippen molar-refractivity contribution in [3.8, 4) is 5.75 Å². The van der Waals surface area contributed by atoms with Crippen LogP contribution in [0.1, 0.15) is 23.7 Å². The molecule has 0 bridgehead atoms. The maximum Gasteiger partial charge on any atom is 0.165 e. The van der Waals surface area contributed by atoms with Gasteiger partial charge < -0.3 is 5.11 Å². The Morgan fingerprint density at radius 1 is 1.62 bits per heavy atom. The van der Waals surface area contributed by atoms with E-state index < -0.39 is 5.82 Å². The molecular weight excluding hydrogens is 239 g/mol. The first-order valence-electron chi connectivity index (χ1n) is 3.77. The van der Waals surface area contributed by atoms with Crippen LogP contribution >= 0.6 is 15.9 Å². The van der Waals surface area contributed by atoms with Crippen LogP contribution in [0.2, 0.25) is 0 Å². The van der Waals surface area contributed by atoms with Crippen LogP contribution in [-0.2, 0) is 0 Å². The molecule has 0 saturated heterocycles. The molecule has 0 amide bonds. The van der Waals surface area contributed by atoms with E-state index in [-0.39, 0.29) is 23.5 Å². The van der Waals surface area contributed by atoms with Crippen molar-refractivity contribution in [2.45, 2.75) is 13.3 Å². The Hall–Kier alpha value is -0.900. The first kappa shape index (κ1) is 10.2. The Morgan fingerprint density at radius 2 is 2.23 bits per heavy atom. The van der Waals surface area contributed by atoms with Gasteiger partial charge in [-0.25, -0.2) is 4.39 Å². The standard InChI is InChI=1S/C9H8BrFO2/c1-2-8(12)5-3-6(10)9(13)4-7(5)11/h3-4,13H,2H2,1H3. The van der Waals surface area contributed by atoms with E-state index in [1.807, 2.05) is 0 Å². The molecule has 0 aromatic heterocycles. The minimum Gasteiger partial charge on any atom is -0.507 e. The van der Waals surface area contributed by atoms with E-state index in [2.05, 4.69) is 15.9 Å². The summed E-state index contributed by atoms with van der Waals surface area (Å²) in [7, 11) is 0. The number of phenols is 1. The molecule has 13 heavy (non-hydrogen) atoms. The molecule has 1 N–H and O–H groups in total. The van der Waals surface area contributed by atoms with Gasteiger partial charge in [0.2, 0.25) is 0 Å². The number of benzene rings is 1. The minimum atomic E-state index is -0.687. The van der Waals surface area contributed by atoms with Crippen molar-refractivity contribution in [3.05, 3.63) is 28.0 Å². The summed E-state index contributed by atoms with van der Waals surface area (Å²) in [6.07, 6.45) is 0.244. The van der Waals surface area contributed by atoms with Gasteiger partial charge in [0.1, 0.15) is 11.6 Å². The summed E-state index contributed by atoms with van der Waals surface area (Å²) in [4.78, 5) is 11.2. The summed E-state index contributed by atoms with van der Waals surface area (Å²) in [5, 5.41) is 9.08. The molecule has 1 aromatic rings. The van der Waals surface area contributed by atoms with Crippen LogP contribution in [0.25, 0.3) is 0 Å². The zero-order valence-corrected chi connectivity index (χ0v) is 8.56. The van der Waals surface area contributed by atoms with E-state index >= 15 is 0 Å². The van der Waals surface area contributed by atoms with Crippen molar-refractivity contribution >= 4 is 21.7 Å². The molecule has 0 aliphatic heterocycles. The molecule has 0 aliphatic carbocycles. The fraction of sp³-hybridized carbons (Fsp3) is 0.222. The van der Waals surface area contributed by atoms with Crippen LogP contribution in [0.4, 0.5) is 4.39 Å². The molecule has 0 spiro atoms. The highest BCUT2D eigenvalue weighted by molar-refractivity contribution is 9.10. The highest BCUT2D eigenvalue weighted by atomic mass is 79.9. The van der Waals surface area contributed by atoms with E-state index in [1.165, 1.54) is 6.07 Å². The predicted molar refractivity (Wildman–Crippen MR) is 50.4 cm³/mol. The number of rotatable bonds is 2. The van der Waals surface area contributed by atoms with Crippen LogP contribution in [-0.4, -0.2) is 10.9 Å². The molecule has 4 heteroatoms. The summed E-state index contributed by atoms with van der Waals surface area (Å²) in [6.45, 7) is 1.66. The van der Waals surface area contributed by atoms with Crippen LogP contribution in [0, 0.1) is 5.82 Å². The van der Waals surface area contributed by atoms with Crippen molar-refractivity contribution in [1.29, 1.82) is 0 Å². The average molecular weight is 247 g/mol. The Morgan fingerprint density at radius 3 is 2.77 bits per heavy atom. The average Bonchev–Trinajstić information content (AvgIpc) is 2.10. The molecule has 0 heterocycles. The van der Waals surface area contributed by atoms with Crippen molar-refractivity contribution in [2.24, 2.45) is 0 Å². The summed E-state index contributed by atoms with van der Waals surface area (Å²) < 4.78 is 13.4. The normalized spacial score (nSPS) is 10.1. The van der Waals surface area contributed by atoms with Crippen molar-refractivity contribution < 1.29 is 14.3 Å². The fourth-order valence-electron chi connectivity index (χ4n) is 0.940. The van der Waals surface area contributed by atoms with Gasteiger partial charge in [0.15, 0.2) is 5.78 Å². The van der Waals surface area contributed by atoms with Gasteiger partial charge in [-0.2, -0.15) is 0 Å². The van der Waals surface area contributed by atoms with Crippen LogP contribution in [0.3, 0.4) is 0 Å². The lowest BCUT2D eigenvalue weighted by Crippen LogP contribution is -2.00. The number of ketones is 1. The van der Waals surface area contributed by atoms with Gasteiger partial charge >= 0.3 is 0 Å². The number of aromatic hydroxyl groups is 1. The SMILES string of the molecule is CCC(=O)c1cc(Br)c(O)cc1F. The smallest absolute Gasteiger partial charge is 0.165 e. The fourth-order valence-corrected chi connectivity index (χ4v) is 1.28. The zero-order valence-electron chi connectivity index (χ0n) is 6.97. The molecule has 1 aromatic carbocycles. The van der Waals surface area contributed by atoms with Crippen molar-refractivity contribution in [2.75, 3.05) is 0 Å². The maximum absolute atomic E-state index is 13.1. The summed E-state index contributed by atoms with van der Waals surface area (Å²) in [6, 6.07) is 2.21. The molecule has 0 fully saturated rings. The Labute approximate surface area is 83.5 Å². The topological polar surface area (TPSA) is 37.3 Å². The quantitative estimate of drug-likeness (QED) is 0.816. The van der Waals surface area contributed by atoms with E-state index in [9.17, 15) is 9.18 Å². The van der Waals surface area contributed by atoms with Crippen molar-refractivity contribution in [1.82, 2.24) is 0 Å². The number of phenolic OH excluding ortho intramolecular Hbond substituents is 1. The molecule has 0 aliphatic rings. The second-order valence-corrected chi connectivity index (χ2v) is 3.41. The lowest BCUT2D eigenvalue weighted by atomic mass is 10.1. The molecule has 70 valence electrons.